The Morgan fingerprint density at radius 1 is 1.30 bits per heavy atom. The Morgan fingerprint density at radius 3 is 2.60 bits per heavy atom. The lowest BCUT2D eigenvalue weighted by Gasteiger charge is -2.29. The predicted octanol–water partition coefficient (Wildman–Crippen LogP) is 2.30. The molecule has 4 heteroatoms. The molecule has 1 aromatic heterocycles. The van der Waals surface area contributed by atoms with E-state index in [-0.39, 0.29) is 0 Å². The van der Waals surface area contributed by atoms with Gasteiger partial charge in [0.2, 0.25) is 0 Å². The quantitative estimate of drug-likeness (QED) is 0.751. The Bertz CT molecular complexity index is 398. The maximum absolute atomic E-state index is 5.93. The lowest BCUT2D eigenvalue weighted by atomic mass is 10.2. The van der Waals surface area contributed by atoms with Gasteiger partial charge in [-0.3, -0.25) is 4.90 Å². The smallest absolute Gasteiger partial charge is 0.118 e. The van der Waals surface area contributed by atoms with Crippen LogP contribution in [0.1, 0.15) is 38.2 Å². The highest BCUT2D eigenvalue weighted by atomic mass is 16.3. The van der Waals surface area contributed by atoms with Crippen LogP contribution in [0.5, 0.6) is 0 Å². The maximum atomic E-state index is 5.93. The van der Waals surface area contributed by atoms with Gasteiger partial charge in [0.25, 0.3) is 0 Å². The van der Waals surface area contributed by atoms with Gasteiger partial charge in [0.1, 0.15) is 11.5 Å². The fourth-order valence-electron chi connectivity index (χ4n) is 2.56. The zero-order chi connectivity index (χ0) is 14.5. The van der Waals surface area contributed by atoms with Crippen molar-refractivity contribution in [3.05, 3.63) is 23.7 Å². The third kappa shape index (κ3) is 4.93. The first-order valence-corrected chi connectivity index (χ1v) is 7.78. The number of hydrogen-bond donors (Lipinski definition) is 1. The Hall–Kier alpha value is -0.840. The monoisotopic (exact) mass is 279 g/mol. The van der Waals surface area contributed by atoms with Crippen LogP contribution in [-0.2, 0) is 13.1 Å². The zero-order valence-electron chi connectivity index (χ0n) is 13.4. The number of rotatable bonds is 9. The van der Waals surface area contributed by atoms with Crippen LogP contribution in [0, 0.1) is 0 Å². The maximum Gasteiger partial charge on any atom is 0.118 e. The molecule has 20 heavy (non-hydrogen) atoms. The van der Waals surface area contributed by atoms with Gasteiger partial charge >= 0.3 is 0 Å². The molecule has 0 aromatic carbocycles. The normalized spacial score (nSPS) is 17.1. The highest BCUT2D eigenvalue weighted by Crippen LogP contribution is 2.20. The molecule has 0 spiro atoms. The van der Waals surface area contributed by atoms with Crippen molar-refractivity contribution in [3.8, 4) is 0 Å². The van der Waals surface area contributed by atoms with Crippen molar-refractivity contribution in [2.45, 2.75) is 51.9 Å². The highest BCUT2D eigenvalue weighted by Gasteiger charge is 2.21. The van der Waals surface area contributed by atoms with Crippen LogP contribution in [0.25, 0.3) is 0 Å². The van der Waals surface area contributed by atoms with Gasteiger partial charge in [-0.1, -0.05) is 6.92 Å². The molecular weight excluding hydrogens is 250 g/mol. The van der Waals surface area contributed by atoms with Gasteiger partial charge in [-0.2, -0.15) is 0 Å². The minimum absolute atomic E-state index is 0.535. The van der Waals surface area contributed by atoms with Gasteiger partial charge in [0.15, 0.2) is 0 Å². The minimum atomic E-state index is 0.535. The second kappa shape index (κ2) is 7.25. The molecule has 1 N–H and O–H groups in total. The molecule has 1 saturated carbocycles. The summed E-state index contributed by atoms with van der Waals surface area (Å²) in [5, 5.41) is 3.49. The molecule has 1 atom stereocenters. The van der Waals surface area contributed by atoms with Crippen LogP contribution < -0.4 is 5.32 Å². The number of hydrogen-bond acceptors (Lipinski definition) is 4. The largest absolute Gasteiger partial charge is 0.463 e. The number of furan rings is 1. The van der Waals surface area contributed by atoms with Crippen LogP contribution in [0.2, 0.25) is 0 Å². The van der Waals surface area contributed by atoms with Crippen molar-refractivity contribution >= 4 is 0 Å². The van der Waals surface area contributed by atoms with E-state index in [1.165, 1.54) is 12.8 Å². The van der Waals surface area contributed by atoms with E-state index in [0.29, 0.717) is 6.04 Å². The van der Waals surface area contributed by atoms with Crippen molar-refractivity contribution in [3.63, 3.8) is 0 Å². The summed E-state index contributed by atoms with van der Waals surface area (Å²) in [5.74, 6) is 2.13. The molecule has 1 unspecified atom stereocenters. The zero-order valence-corrected chi connectivity index (χ0v) is 13.4. The van der Waals surface area contributed by atoms with Gasteiger partial charge in [-0.15, -0.1) is 0 Å². The van der Waals surface area contributed by atoms with Gasteiger partial charge in [0.05, 0.1) is 13.1 Å². The number of likely N-dealkylation sites (N-methyl/N-ethyl adjacent to an activating group) is 2. The van der Waals surface area contributed by atoms with Crippen LogP contribution in [0.3, 0.4) is 0 Å². The fraction of sp³-hybridized carbons (Fsp3) is 0.750. The SMILES string of the molecule is CCN(Cc1ccc(CNC2CC2)o1)C(C)CN(C)C. The summed E-state index contributed by atoms with van der Waals surface area (Å²) in [7, 11) is 4.25. The summed E-state index contributed by atoms with van der Waals surface area (Å²) in [6.07, 6.45) is 2.64. The van der Waals surface area contributed by atoms with Gasteiger partial charge in [-0.05, 0) is 52.5 Å². The first-order valence-electron chi connectivity index (χ1n) is 7.78. The van der Waals surface area contributed by atoms with Crippen LogP contribution >= 0.6 is 0 Å². The number of nitrogens with one attached hydrogen (secondary N) is 1. The summed E-state index contributed by atoms with van der Waals surface area (Å²) < 4.78 is 5.93. The molecule has 0 radical (unpaired) electrons. The van der Waals surface area contributed by atoms with Crippen molar-refractivity contribution < 1.29 is 4.42 Å². The molecule has 1 aliphatic carbocycles. The third-order valence-corrected chi connectivity index (χ3v) is 3.88. The molecular formula is C16H29N3O. The lowest BCUT2D eigenvalue weighted by Crippen LogP contribution is -2.39. The Labute approximate surface area is 123 Å². The van der Waals surface area contributed by atoms with Gasteiger partial charge in [-0.25, -0.2) is 0 Å². The minimum Gasteiger partial charge on any atom is -0.463 e. The summed E-state index contributed by atoms with van der Waals surface area (Å²) in [6, 6.07) is 5.49. The standard InChI is InChI=1S/C16H29N3O/c1-5-19(13(2)11-18(3)4)12-16-9-8-15(20-16)10-17-14-6-7-14/h8-9,13-14,17H,5-7,10-12H2,1-4H3. The van der Waals surface area contributed by atoms with Crippen molar-refractivity contribution in [2.75, 3.05) is 27.2 Å². The Morgan fingerprint density at radius 2 is 2.00 bits per heavy atom. The van der Waals surface area contributed by atoms with Crippen molar-refractivity contribution in [1.82, 2.24) is 15.1 Å². The number of nitrogens with zero attached hydrogens (tertiary/aromatic N) is 2. The molecule has 1 heterocycles. The van der Waals surface area contributed by atoms with Crippen LogP contribution in [0.15, 0.2) is 16.5 Å². The van der Waals surface area contributed by atoms with Crippen molar-refractivity contribution in [2.24, 2.45) is 0 Å². The molecule has 0 aliphatic heterocycles. The van der Waals surface area contributed by atoms with Crippen LogP contribution in [-0.4, -0.2) is 49.1 Å². The molecule has 2 rings (SSSR count). The molecule has 1 fully saturated rings. The van der Waals surface area contributed by atoms with Crippen LogP contribution in [0.4, 0.5) is 0 Å². The van der Waals surface area contributed by atoms with Gasteiger partial charge < -0.3 is 14.6 Å². The molecule has 114 valence electrons. The first kappa shape index (κ1) is 15.5. The van der Waals surface area contributed by atoms with E-state index in [2.05, 4.69) is 55.2 Å². The molecule has 4 nitrogen and oxygen atoms in total. The Balaban J connectivity index is 1.83. The highest BCUT2D eigenvalue weighted by molar-refractivity contribution is 5.07. The first-order chi connectivity index (χ1) is 9.58. The summed E-state index contributed by atoms with van der Waals surface area (Å²) in [4.78, 5) is 4.69. The molecule has 0 amide bonds. The fourth-order valence-corrected chi connectivity index (χ4v) is 2.56. The summed E-state index contributed by atoms with van der Waals surface area (Å²) in [5.41, 5.74) is 0. The average molecular weight is 279 g/mol. The predicted molar refractivity (Wildman–Crippen MR) is 82.7 cm³/mol. The van der Waals surface area contributed by atoms with E-state index < -0.39 is 0 Å². The van der Waals surface area contributed by atoms with E-state index in [1.807, 2.05) is 0 Å². The van der Waals surface area contributed by atoms with E-state index in [4.69, 9.17) is 4.42 Å². The summed E-state index contributed by atoms with van der Waals surface area (Å²) in [6.45, 7) is 8.38. The topological polar surface area (TPSA) is 31.6 Å². The Kier molecular flexibility index (Phi) is 5.64. The molecule has 0 bridgehead atoms. The molecule has 1 aromatic rings. The van der Waals surface area contributed by atoms with Gasteiger partial charge in [0, 0.05) is 18.6 Å². The summed E-state index contributed by atoms with van der Waals surface area (Å²) >= 11 is 0. The molecule has 0 saturated heterocycles. The van der Waals surface area contributed by atoms with E-state index in [0.717, 1.165) is 43.7 Å². The van der Waals surface area contributed by atoms with E-state index >= 15 is 0 Å². The van der Waals surface area contributed by atoms with E-state index in [9.17, 15) is 0 Å². The lowest BCUT2D eigenvalue weighted by molar-refractivity contribution is 0.162. The third-order valence-electron chi connectivity index (χ3n) is 3.88. The second-order valence-electron chi connectivity index (χ2n) is 6.20. The average Bonchev–Trinajstić information content (AvgIpc) is 3.12. The molecule has 1 aliphatic rings. The van der Waals surface area contributed by atoms with E-state index in [1.54, 1.807) is 0 Å². The van der Waals surface area contributed by atoms with Crippen molar-refractivity contribution in [1.29, 1.82) is 0 Å². The second-order valence-corrected chi connectivity index (χ2v) is 6.20.